The van der Waals surface area contributed by atoms with Gasteiger partial charge in [0.05, 0.1) is 0 Å². The summed E-state index contributed by atoms with van der Waals surface area (Å²) in [7, 11) is 0. The second-order valence-electron chi connectivity index (χ2n) is 7.00. The molecule has 1 aliphatic carbocycles. The molecule has 1 rings (SSSR count). The van der Waals surface area contributed by atoms with Gasteiger partial charge in [-0.05, 0) is 39.0 Å². The molecule has 2 atom stereocenters. The molecule has 0 amide bonds. The van der Waals surface area contributed by atoms with Gasteiger partial charge in [-0.25, -0.2) is 0 Å². The van der Waals surface area contributed by atoms with Crippen LogP contribution in [0, 0.1) is 11.3 Å². The Kier molecular flexibility index (Phi) is 6.57. The van der Waals surface area contributed by atoms with Crippen LogP contribution in [0.3, 0.4) is 0 Å². The molecule has 0 aromatic carbocycles. The largest absolute Gasteiger partial charge is 0.299 e. The topological polar surface area (TPSA) is 17.1 Å². The molecule has 0 aromatic rings. The highest BCUT2D eigenvalue weighted by Gasteiger charge is 2.37. The lowest BCUT2D eigenvalue weighted by Crippen LogP contribution is -2.35. The zero-order chi connectivity index (χ0) is 15.3. The summed E-state index contributed by atoms with van der Waals surface area (Å²) in [6.07, 6.45) is 7.43. The maximum absolute atomic E-state index is 12.7. The standard InChI is InChI=1S/C18H30OS/c1-13(2)9-11-20-15(4)12-16(19)17-14(3)8-7-10-18(17,5)6/h8-9,15,17H,7,10-12H2,1-6H3. The fraction of sp³-hybridized carbons (Fsp3) is 0.722. The van der Waals surface area contributed by atoms with Crippen molar-refractivity contribution in [2.75, 3.05) is 5.75 Å². The van der Waals surface area contributed by atoms with E-state index in [1.54, 1.807) is 0 Å². The van der Waals surface area contributed by atoms with Crippen LogP contribution in [0.1, 0.15) is 60.8 Å². The fourth-order valence-corrected chi connectivity index (χ4v) is 4.12. The molecule has 0 spiro atoms. The number of carbonyl (C=O) groups is 1. The Morgan fingerprint density at radius 1 is 1.50 bits per heavy atom. The second kappa shape index (κ2) is 7.49. The summed E-state index contributed by atoms with van der Waals surface area (Å²) in [6, 6.07) is 0. The predicted molar refractivity (Wildman–Crippen MR) is 91.2 cm³/mol. The number of thioether (sulfide) groups is 1. The summed E-state index contributed by atoms with van der Waals surface area (Å²) in [5.74, 6) is 1.57. The molecule has 0 saturated carbocycles. The van der Waals surface area contributed by atoms with E-state index in [2.05, 4.69) is 53.7 Å². The summed E-state index contributed by atoms with van der Waals surface area (Å²) < 4.78 is 0. The van der Waals surface area contributed by atoms with Crippen molar-refractivity contribution in [3.63, 3.8) is 0 Å². The molecule has 0 heterocycles. The van der Waals surface area contributed by atoms with Crippen molar-refractivity contribution in [1.82, 2.24) is 0 Å². The molecule has 2 unspecified atom stereocenters. The third-order valence-corrected chi connectivity index (χ3v) is 5.27. The SMILES string of the molecule is CC(C)=CCSC(C)CC(=O)C1C(C)=CCCC1(C)C. The lowest BCUT2D eigenvalue weighted by Gasteiger charge is -2.37. The van der Waals surface area contributed by atoms with Gasteiger partial charge in [-0.1, -0.05) is 44.1 Å². The Balaban J connectivity index is 2.59. The van der Waals surface area contributed by atoms with Crippen LogP contribution in [0.25, 0.3) is 0 Å². The Labute approximate surface area is 129 Å². The van der Waals surface area contributed by atoms with Crippen molar-refractivity contribution < 1.29 is 4.79 Å². The van der Waals surface area contributed by atoms with Crippen LogP contribution in [-0.4, -0.2) is 16.8 Å². The van der Waals surface area contributed by atoms with E-state index in [0.717, 1.165) is 18.6 Å². The fourth-order valence-electron chi connectivity index (χ4n) is 3.08. The van der Waals surface area contributed by atoms with E-state index in [-0.39, 0.29) is 11.3 Å². The number of carbonyl (C=O) groups excluding carboxylic acids is 1. The summed E-state index contributed by atoms with van der Waals surface area (Å²) >= 11 is 1.88. The quantitative estimate of drug-likeness (QED) is 0.609. The highest BCUT2D eigenvalue weighted by atomic mass is 32.2. The van der Waals surface area contributed by atoms with Crippen molar-refractivity contribution in [1.29, 1.82) is 0 Å². The van der Waals surface area contributed by atoms with E-state index in [9.17, 15) is 4.79 Å². The lowest BCUT2D eigenvalue weighted by atomic mass is 9.66. The molecule has 0 saturated heterocycles. The van der Waals surface area contributed by atoms with Crippen molar-refractivity contribution >= 4 is 17.5 Å². The summed E-state index contributed by atoms with van der Waals surface area (Å²) in [5, 5.41) is 0.406. The van der Waals surface area contributed by atoms with Gasteiger partial charge < -0.3 is 0 Å². The van der Waals surface area contributed by atoms with Gasteiger partial charge in [0.2, 0.25) is 0 Å². The highest BCUT2D eigenvalue weighted by molar-refractivity contribution is 8.00. The normalized spacial score (nSPS) is 22.9. The first-order valence-electron chi connectivity index (χ1n) is 7.68. The molecule has 20 heavy (non-hydrogen) atoms. The van der Waals surface area contributed by atoms with E-state index < -0.39 is 0 Å². The average Bonchev–Trinajstić information content (AvgIpc) is 2.26. The molecule has 0 aliphatic heterocycles. The van der Waals surface area contributed by atoms with Crippen LogP contribution in [0.5, 0.6) is 0 Å². The van der Waals surface area contributed by atoms with Crippen LogP contribution < -0.4 is 0 Å². The molecule has 0 bridgehead atoms. The predicted octanol–water partition coefficient (Wildman–Crippen LogP) is 5.42. The van der Waals surface area contributed by atoms with Gasteiger partial charge in [0.1, 0.15) is 5.78 Å². The molecular weight excluding hydrogens is 264 g/mol. The maximum atomic E-state index is 12.7. The first-order valence-corrected chi connectivity index (χ1v) is 8.73. The minimum Gasteiger partial charge on any atom is -0.299 e. The first-order chi connectivity index (χ1) is 9.24. The van der Waals surface area contributed by atoms with Gasteiger partial charge in [0.15, 0.2) is 0 Å². The number of Topliss-reactive ketones (excluding diaryl/α,β-unsaturated/α-hetero) is 1. The third-order valence-electron chi connectivity index (χ3n) is 4.17. The van der Waals surface area contributed by atoms with Crippen LogP contribution in [-0.2, 0) is 4.79 Å². The number of ketones is 1. The molecule has 114 valence electrons. The van der Waals surface area contributed by atoms with Crippen molar-refractivity contribution in [2.24, 2.45) is 11.3 Å². The van der Waals surface area contributed by atoms with E-state index in [1.165, 1.54) is 11.1 Å². The summed E-state index contributed by atoms with van der Waals surface area (Å²) in [6.45, 7) is 13.0. The van der Waals surface area contributed by atoms with Gasteiger partial charge in [0, 0.05) is 23.3 Å². The van der Waals surface area contributed by atoms with Crippen LogP contribution >= 0.6 is 11.8 Å². The Morgan fingerprint density at radius 3 is 2.70 bits per heavy atom. The molecule has 0 aromatic heterocycles. The molecule has 0 fully saturated rings. The number of allylic oxidation sites excluding steroid dienone is 3. The number of hydrogen-bond donors (Lipinski definition) is 0. The molecule has 0 N–H and O–H groups in total. The Bertz CT molecular complexity index is 400. The summed E-state index contributed by atoms with van der Waals surface area (Å²) in [5.41, 5.74) is 2.76. The number of hydrogen-bond acceptors (Lipinski definition) is 2. The van der Waals surface area contributed by atoms with E-state index in [1.807, 2.05) is 11.8 Å². The van der Waals surface area contributed by atoms with E-state index >= 15 is 0 Å². The minimum atomic E-state index is 0.125. The van der Waals surface area contributed by atoms with Crippen LogP contribution in [0.15, 0.2) is 23.3 Å². The van der Waals surface area contributed by atoms with Gasteiger partial charge >= 0.3 is 0 Å². The smallest absolute Gasteiger partial charge is 0.141 e. The van der Waals surface area contributed by atoms with E-state index in [0.29, 0.717) is 17.5 Å². The minimum absolute atomic E-state index is 0.125. The Morgan fingerprint density at radius 2 is 2.15 bits per heavy atom. The van der Waals surface area contributed by atoms with E-state index in [4.69, 9.17) is 0 Å². The molecule has 1 nitrogen and oxygen atoms in total. The average molecular weight is 295 g/mol. The van der Waals surface area contributed by atoms with Gasteiger partial charge in [-0.2, -0.15) is 11.8 Å². The van der Waals surface area contributed by atoms with Crippen molar-refractivity contribution in [3.8, 4) is 0 Å². The zero-order valence-electron chi connectivity index (χ0n) is 14.0. The molecule has 2 heteroatoms. The van der Waals surface area contributed by atoms with Gasteiger partial charge in [-0.3, -0.25) is 4.79 Å². The van der Waals surface area contributed by atoms with Gasteiger partial charge in [0.25, 0.3) is 0 Å². The van der Waals surface area contributed by atoms with Crippen LogP contribution in [0.2, 0.25) is 0 Å². The number of rotatable bonds is 6. The Hall–Kier alpha value is -0.500. The molecule has 1 aliphatic rings. The summed E-state index contributed by atoms with van der Waals surface area (Å²) in [4.78, 5) is 12.7. The monoisotopic (exact) mass is 294 g/mol. The molecular formula is C18H30OS. The van der Waals surface area contributed by atoms with Crippen LogP contribution in [0.4, 0.5) is 0 Å². The van der Waals surface area contributed by atoms with Crippen molar-refractivity contribution in [3.05, 3.63) is 23.3 Å². The van der Waals surface area contributed by atoms with Gasteiger partial charge in [-0.15, -0.1) is 0 Å². The van der Waals surface area contributed by atoms with Crippen molar-refractivity contribution in [2.45, 2.75) is 66.1 Å². The highest BCUT2D eigenvalue weighted by Crippen LogP contribution is 2.42. The maximum Gasteiger partial charge on any atom is 0.141 e. The second-order valence-corrected chi connectivity index (χ2v) is 8.48. The molecule has 0 radical (unpaired) electrons. The zero-order valence-corrected chi connectivity index (χ0v) is 14.8. The lowest BCUT2D eigenvalue weighted by molar-refractivity contribution is -0.125. The third kappa shape index (κ3) is 5.12. The first kappa shape index (κ1) is 17.6.